The van der Waals surface area contributed by atoms with Crippen LogP contribution < -0.4 is 16.2 Å². The summed E-state index contributed by atoms with van der Waals surface area (Å²) < 4.78 is 5.23. The fourth-order valence-electron chi connectivity index (χ4n) is 12.5. The van der Waals surface area contributed by atoms with Crippen molar-refractivity contribution in [2.75, 3.05) is 44.8 Å². The third kappa shape index (κ3) is 25.2. The van der Waals surface area contributed by atoms with Gasteiger partial charge in [0.2, 0.25) is 0 Å². The first-order valence-electron chi connectivity index (χ1n) is 34.9. The van der Waals surface area contributed by atoms with Gasteiger partial charge in [0.15, 0.2) is 0 Å². The van der Waals surface area contributed by atoms with Gasteiger partial charge in [-0.15, -0.1) is 0 Å². The van der Waals surface area contributed by atoms with E-state index in [1.807, 2.05) is 111 Å². The highest BCUT2D eigenvalue weighted by Crippen LogP contribution is 2.44. The number of anilines is 2. The van der Waals surface area contributed by atoms with Crippen LogP contribution >= 0.6 is 0 Å². The summed E-state index contributed by atoms with van der Waals surface area (Å²) in [6, 6.07) is 51.4. The zero-order chi connectivity index (χ0) is 65.6. The lowest BCUT2D eigenvalue weighted by Gasteiger charge is -2.17. The van der Waals surface area contributed by atoms with Crippen LogP contribution in [0.3, 0.4) is 0 Å². The summed E-state index contributed by atoms with van der Waals surface area (Å²) in [5, 5.41) is 0. The van der Waals surface area contributed by atoms with E-state index in [4.69, 9.17) is 26.2 Å². The van der Waals surface area contributed by atoms with Gasteiger partial charge in [-0.25, -0.2) is 0 Å². The third-order valence-corrected chi connectivity index (χ3v) is 17.5. The van der Waals surface area contributed by atoms with Gasteiger partial charge >= 0.3 is 0 Å². The number of nitrogens with zero attached hydrogens (tertiary/aromatic N) is 6. The van der Waals surface area contributed by atoms with E-state index in [-0.39, 0.29) is 0 Å². The van der Waals surface area contributed by atoms with Crippen LogP contribution in [0, 0.1) is 12.8 Å². The molecule has 0 fully saturated rings. The van der Waals surface area contributed by atoms with Gasteiger partial charge < -0.3 is 16.2 Å². The summed E-state index contributed by atoms with van der Waals surface area (Å²) in [4.78, 5) is 38.4. The summed E-state index contributed by atoms with van der Waals surface area (Å²) in [5.74, 6) is 1.83. The molecule has 3 aliphatic carbocycles. The Bertz CT molecular complexity index is 3650. The minimum absolute atomic E-state index is 0.460. The largest absolute Gasteiger partial charge is 0.497 e. The van der Waals surface area contributed by atoms with Crippen molar-refractivity contribution in [1.29, 1.82) is 0 Å². The topological polar surface area (TPSA) is 152 Å². The smallest absolute Gasteiger partial charge is 0.150 e. The Morgan fingerprint density at radius 1 is 0.457 bits per heavy atom. The van der Waals surface area contributed by atoms with E-state index in [0.29, 0.717) is 17.4 Å². The van der Waals surface area contributed by atoms with Crippen LogP contribution in [0.1, 0.15) is 207 Å². The molecule has 0 bridgehead atoms. The second kappa shape index (κ2) is 41.0. The molecule has 7 aromatic rings. The normalized spacial score (nSPS) is 14.5. The van der Waals surface area contributed by atoms with E-state index in [1.165, 1.54) is 167 Å². The maximum Gasteiger partial charge on any atom is 0.150 e. The van der Waals surface area contributed by atoms with Crippen molar-refractivity contribution >= 4 is 60.6 Å². The Balaban J connectivity index is 0.000000206. The van der Waals surface area contributed by atoms with Crippen LogP contribution in [0.4, 0.5) is 17.1 Å². The highest BCUT2D eigenvalue weighted by atomic mass is 16.5. The molecule has 0 spiro atoms. The van der Waals surface area contributed by atoms with E-state index in [9.17, 15) is 4.79 Å². The number of nitrogen functional groups attached to an aromatic ring is 2. The van der Waals surface area contributed by atoms with Crippen molar-refractivity contribution in [2.24, 2.45) is 35.9 Å². The Kier molecular flexibility index (Phi) is 30.9. The summed E-state index contributed by atoms with van der Waals surface area (Å²) in [6.07, 6.45) is 47.1. The number of unbranched alkanes of at least 4 members (excludes halogenated alkanes) is 18. The maximum absolute atomic E-state index is 10.8. The minimum atomic E-state index is 0.460. The zero-order valence-corrected chi connectivity index (χ0v) is 56.4. The fraction of sp³-hybridized carbons (Fsp3) is 0.369. The Morgan fingerprint density at radius 2 is 0.904 bits per heavy atom. The number of aliphatic imine (C=N–C) groups is 6. The van der Waals surface area contributed by atoms with Crippen molar-refractivity contribution in [3.05, 3.63) is 237 Å². The third-order valence-electron chi connectivity index (χ3n) is 17.5. The summed E-state index contributed by atoms with van der Waals surface area (Å²) >= 11 is 0. The van der Waals surface area contributed by atoms with Crippen molar-refractivity contribution in [3.63, 3.8) is 0 Å². The van der Waals surface area contributed by atoms with Gasteiger partial charge in [0.05, 0.1) is 18.5 Å². The molecule has 0 heterocycles. The van der Waals surface area contributed by atoms with Crippen molar-refractivity contribution in [1.82, 2.24) is 0 Å². The quantitative estimate of drug-likeness (QED) is 0.0176. The summed E-state index contributed by atoms with van der Waals surface area (Å²) in [5.41, 5.74) is 30.8. The first kappa shape index (κ1) is 71.0. The highest BCUT2D eigenvalue weighted by molar-refractivity contribution is 5.88. The molecule has 0 saturated heterocycles. The van der Waals surface area contributed by atoms with E-state index in [1.54, 1.807) is 7.11 Å². The maximum atomic E-state index is 10.8. The molecular formula is C84H102N8O2. The van der Waals surface area contributed by atoms with Crippen LogP contribution in [0.5, 0.6) is 5.75 Å². The van der Waals surface area contributed by atoms with Gasteiger partial charge in [-0.3, -0.25) is 34.7 Å². The SMILES string of the molecule is CC=NC1=CC2Cc3cc(N=Cc4cccc(C=NCCCCCCCCCCCCN=Cc5cccc(C)c5)c4)ccc3C2C=C1.COc1cccc(C=NCCCCCCCCCCCCN=Cc2cccc(C=O)c2)c1.Nc1ccc2c(c1)Cc1cc(N)ccc1-2. The van der Waals surface area contributed by atoms with Gasteiger partial charge in [-0.05, 0) is 186 Å². The number of methoxy groups -OCH3 is 1. The summed E-state index contributed by atoms with van der Waals surface area (Å²) in [7, 11) is 1.69. The average molecular weight is 1260 g/mol. The lowest BCUT2D eigenvalue weighted by molar-refractivity contribution is 0.112. The van der Waals surface area contributed by atoms with E-state index >= 15 is 0 Å². The van der Waals surface area contributed by atoms with Crippen LogP contribution in [0.15, 0.2) is 206 Å². The number of fused-ring (bicyclic) bond motifs is 6. The van der Waals surface area contributed by atoms with Gasteiger partial charge in [0.1, 0.15) is 12.0 Å². The molecule has 0 aromatic heterocycles. The number of carbonyl (C=O) groups excluding carboxylic acids is 1. The molecule has 94 heavy (non-hydrogen) atoms. The number of hydrogen-bond acceptors (Lipinski definition) is 10. The van der Waals surface area contributed by atoms with Crippen molar-refractivity contribution in [3.8, 4) is 16.9 Å². The van der Waals surface area contributed by atoms with Gasteiger partial charge in [0.25, 0.3) is 0 Å². The minimum Gasteiger partial charge on any atom is -0.497 e. The number of ether oxygens (including phenoxy) is 1. The van der Waals surface area contributed by atoms with Crippen LogP contribution in [0.25, 0.3) is 11.1 Å². The monoisotopic (exact) mass is 1250 g/mol. The van der Waals surface area contributed by atoms with E-state index in [2.05, 4.69) is 130 Å². The molecule has 4 N–H and O–H groups in total. The molecule has 0 radical (unpaired) electrons. The van der Waals surface area contributed by atoms with Crippen LogP contribution in [-0.4, -0.2) is 76.9 Å². The van der Waals surface area contributed by atoms with Crippen molar-refractivity contribution in [2.45, 2.75) is 161 Å². The summed E-state index contributed by atoms with van der Waals surface area (Å²) in [6.45, 7) is 7.71. The molecule has 10 heteroatoms. The molecule has 3 aliphatic rings. The molecule has 0 amide bonds. The van der Waals surface area contributed by atoms with Crippen molar-refractivity contribution < 1.29 is 9.53 Å². The van der Waals surface area contributed by atoms with Gasteiger partial charge in [-0.2, -0.15) is 0 Å². The molecule has 2 unspecified atom stereocenters. The number of allylic oxidation sites excluding steroid dienone is 3. The Morgan fingerprint density at radius 3 is 1.39 bits per heavy atom. The number of hydrogen-bond donors (Lipinski definition) is 2. The van der Waals surface area contributed by atoms with E-state index < -0.39 is 0 Å². The molecule has 490 valence electrons. The molecule has 10 rings (SSSR count). The molecular weight excluding hydrogens is 1150 g/mol. The second-order valence-corrected chi connectivity index (χ2v) is 25.2. The fourth-order valence-corrected chi connectivity index (χ4v) is 12.5. The second-order valence-electron chi connectivity index (χ2n) is 25.2. The Labute approximate surface area is 562 Å². The Hall–Kier alpha value is -8.89. The van der Waals surface area contributed by atoms with Crippen LogP contribution in [-0.2, 0) is 12.8 Å². The number of carbonyl (C=O) groups is 1. The average Bonchev–Trinajstić information content (AvgIpc) is 1.65. The molecule has 10 nitrogen and oxygen atoms in total. The zero-order valence-electron chi connectivity index (χ0n) is 56.4. The van der Waals surface area contributed by atoms with E-state index in [0.717, 1.165) is 102 Å². The number of benzene rings is 7. The highest BCUT2D eigenvalue weighted by Gasteiger charge is 2.31. The molecule has 2 atom stereocenters. The molecule has 0 saturated carbocycles. The predicted octanol–water partition coefficient (Wildman–Crippen LogP) is 20.4. The van der Waals surface area contributed by atoms with Gasteiger partial charge in [0, 0.05) is 86.3 Å². The number of aldehydes is 1. The van der Waals surface area contributed by atoms with Crippen LogP contribution in [0.2, 0.25) is 0 Å². The lowest BCUT2D eigenvalue weighted by atomic mass is 9.88. The molecule has 7 aromatic carbocycles. The number of aryl methyl sites for hydroxylation is 1. The number of nitrogens with two attached hydrogens (primary N) is 2. The predicted molar refractivity (Wildman–Crippen MR) is 403 cm³/mol. The first-order valence-corrected chi connectivity index (χ1v) is 34.9. The number of rotatable bonds is 35. The standard InChI is InChI=1S/C43H52N4.C28H38N2O2.C13H12N2/c1-3-46-40-20-22-42-38(29-40)28-39-30-41(21-23-43(39)42)47-33-37-19-15-18-36(27-37)32-45-25-13-11-9-7-5-4-6-8-10-12-24-44-31-35-17-14-16-34(2)26-35;1-32-28-17-13-15-26(21-28)23-30-19-11-9-7-5-3-2-4-6-8-10-18-29-22-25-14-12-16-27(20-25)24-31;14-10-1-3-12-8(6-10)5-9-7-11(15)2-4-13(9)12/h3,14-23,26-27,29-33,38,42H,4-13,24-25,28H2,1-2H3;12-17,20-24H,2-11,18-19H2,1H3;1-4,6-7H,5,14-15H2. The van der Waals surface area contributed by atoms with Gasteiger partial charge in [-0.1, -0.05) is 211 Å². The first-order chi connectivity index (χ1) is 46.2. The molecule has 0 aliphatic heterocycles. The lowest BCUT2D eigenvalue weighted by Crippen LogP contribution is -2.06.